The Labute approximate surface area is 107 Å². The highest BCUT2D eigenvalue weighted by Crippen LogP contribution is 2.33. The number of nitrogens with zero attached hydrogens (tertiary/aromatic N) is 1. The number of alkyl halides is 3. The van der Waals surface area contributed by atoms with Gasteiger partial charge in [0.2, 0.25) is 5.96 Å². The molecular weight excluding hydrogens is 269 g/mol. The second kappa shape index (κ2) is 5.92. The third-order valence-electron chi connectivity index (χ3n) is 1.94. The number of nitrogens with two attached hydrogens (primary N) is 1. The normalized spacial score (nSPS) is 12.4. The van der Waals surface area contributed by atoms with E-state index < -0.39 is 11.7 Å². The van der Waals surface area contributed by atoms with E-state index in [0.717, 1.165) is 12.1 Å². The van der Waals surface area contributed by atoms with Gasteiger partial charge in [0, 0.05) is 17.3 Å². The fourth-order valence-electron chi connectivity index (χ4n) is 1.24. The first-order valence-corrected chi connectivity index (χ1v) is 5.40. The van der Waals surface area contributed by atoms with E-state index in [0.29, 0.717) is 6.54 Å². The minimum absolute atomic E-state index is 0.0276. The van der Waals surface area contributed by atoms with Gasteiger partial charge in [-0.3, -0.25) is 10.4 Å². The van der Waals surface area contributed by atoms with Gasteiger partial charge in [-0.1, -0.05) is 11.6 Å². The third-order valence-corrected chi connectivity index (χ3v) is 2.16. The van der Waals surface area contributed by atoms with E-state index in [2.05, 4.69) is 15.7 Å². The highest BCUT2D eigenvalue weighted by atomic mass is 35.5. The minimum Gasteiger partial charge on any atom is -0.325 e. The molecule has 0 aliphatic heterocycles. The summed E-state index contributed by atoms with van der Waals surface area (Å²) in [5.74, 6) is 5.33. The number of benzene rings is 1. The van der Waals surface area contributed by atoms with Gasteiger partial charge in [0.05, 0.1) is 5.56 Å². The number of guanidine groups is 1. The largest absolute Gasteiger partial charge is 0.416 e. The molecule has 0 aliphatic carbocycles. The molecule has 8 heteroatoms. The van der Waals surface area contributed by atoms with Crippen molar-refractivity contribution < 1.29 is 13.2 Å². The van der Waals surface area contributed by atoms with Gasteiger partial charge in [-0.2, -0.15) is 13.2 Å². The number of hydrogen-bond donors (Lipinski definition) is 3. The van der Waals surface area contributed by atoms with Gasteiger partial charge in [0.15, 0.2) is 0 Å². The quantitative estimate of drug-likeness (QED) is 0.338. The molecule has 0 aromatic heterocycles. The molecule has 0 saturated heterocycles. The molecule has 4 nitrogen and oxygen atoms in total. The van der Waals surface area contributed by atoms with Crippen molar-refractivity contribution in [1.29, 1.82) is 0 Å². The maximum absolute atomic E-state index is 12.6. The average Bonchev–Trinajstić information content (AvgIpc) is 2.26. The molecule has 0 bridgehead atoms. The van der Waals surface area contributed by atoms with E-state index in [1.165, 1.54) is 6.07 Å². The molecule has 0 saturated carbocycles. The molecule has 0 spiro atoms. The first-order chi connectivity index (χ1) is 8.36. The highest BCUT2D eigenvalue weighted by molar-refractivity contribution is 6.31. The second-order valence-corrected chi connectivity index (χ2v) is 3.76. The number of hydrazine groups is 1. The Kier molecular flexibility index (Phi) is 4.80. The van der Waals surface area contributed by atoms with Gasteiger partial charge < -0.3 is 5.32 Å². The zero-order valence-electron chi connectivity index (χ0n) is 9.48. The van der Waals surface area contributed by atoms with Crippen LogP contribution in [0.3, 0.4) is 0 Å². The van der Waals surface area contributed by atoms with Crippen LogP contribution in [0.2, 0.25) is 5.02 Å². The lowest BCUT2D eigenvalue weighted by Crippen LogP contribution is -2.36. The number of anilines is 1. The summed E-state index contributed by atoms with van der Waals surface area (Å²) in [4.78, 5) is 3.90. The van der Waals surface area contributed by atoms with Crippen molar-refractivity contribution in [3.05, 3.63) is 28.8 Å². The van der Waals surface area contributed by atoms with Crippen molar-refractivity contribution in [2.24, 2.45) is 10.8 Å². The number of hydrogen-bond acceptors (Lipinski definition) is 2. The monoisotopic (exact) mass is 280 g/mol. The summed E-state index contributed by atoms with van der Waals surface area (Å²) < 4.78 is 37.7. The van der Waals surface area contributed by atoms with Crippen LogP contribution in [0.4, 0.5) is 18.9 Å². The predicted molar refractivity (Wildman–Crippen MR) is 65.4 cm³/mol. The maximum atomic E-state index is 12.6. The zero-order chi connectivity index (χ0) is 13.8. The number of nitrogens with one attached hydrogen (secondary N) is 2. The molecule has 0 aliphatic rings. The fraction of sp³-hybridized carbons (Fsp3) is 0.300. The predicted octanol–water partition coefficient (Wildman–Crippen LogP) is 2.61. The van der Waals surface area contributed by atoms with Crippen molar-refractivity contribution in [1.82, 2.24) is 5.43 Å². The van der Waals surface area contributed by atoms with Crippen LogP contribution in [0.1, 0.15) is 12.5 Å². The van der Waals surface area contributed by atoms with Gasteiger partial charge in [-0.15, -0.1) is 0 Å². The zero-order valence-corrected chi connectivity index (χ0v) is 10.2. The van der Waals surface area contributed by atoms with E-state index in [4.69, 9.17) is 17.4 Å². The van der Waals surface area contributed by atoms with Crippen molar-refractivity contribution >= 4 is 23.2 Å². The van der Waals surface area contributed by atoms with E-state index in [1.54, 1.807) is 6.92 Å². The summed E-state index contributed by atoms with van der Waals surface area (Å²) in [6.07, 6.45) is -4.46. The Morgan fingerprint density at radius 2 is 2.06 bits per heavy atom. The van der Waals surface area contributed by atoms with Crippen LogP contribution in [-0.2, 0) is 6.18 Å². The van der Waals surface area contributed by atoms with Crippen LogP contribution < -0.4 is 16.6 Å². The lowest BCUT2D eigenvalue weighted by molar-refractivity contribution is -0.137. The Morgan fingerprint density at radius 3 is 2.56 bits per heavy atom. The standard InChI is InChI=1S/C10H12ClF3N4/c1-2-16-9(18-15)17-8-4-6(10(12,13)14)3-7(11)5-8/h3-5H,2,15H2,1H3,(H2,16,17,18). The van der Waals surface area contributed by atoms with E-state index >= 15 is 0 Å². The molecular formula is C10H12ClF3N4. The summed E-state index contributed by atoms with van der Waals surface area (Å²) in [6, 6.07) is 3.12. The Bertz CT molecular complexity index is 445. The van der Waals surface area contributed by atoms with E-state index in [-0.39, 0.29) is 16.7 Å². The van der Waals surface area contributed by atoms with Gasteiger partial charge >= 0.3 is 6.18 Å². The summed E-state index contributed by atoms with van der Waals surface area (Å²) >= 11 is 5.63. The SMILES string of the molecule is CCN=C(NN)Nc1cc(Cl)cc(C(F)(F)F)c1. The van der Waals surface area contributed by atoms with E-state index in [9.17, 15) is 13.2 Å². The molecule has 0 amide bonds. The smallest absolute Gasteiger partial charge is 0.325 e. The van der Waals surface area contributed by atoms with E-state index in [1.807, 2.05) is 0 Å². The molecule has 1 aromatic carbocycles. The molecule has 0 fully saturated rings. The maximum Gasteiger partial charge on any atom is 0.416 e. The molecule has 1 rings (SSSR count). The van der Waals surface area contributed by atoms with Crippen LogP contribution >= 0.6 is 11.6 Å². The second-order valence-electron chi connectivity index (χ2n) is 3.32. The molecule has 100 valence electrons. The van der Waals surface area contributed by atoms with Gasteiger partial charge in [0.1, 0.15) is 0 Å². The lowest BCUT2D eigenvalue weighted by atomic mass is 10.2. The Morgan fingerprint density at radius 1 is 1.39 bits per heavy atom. The van der Waals surface area contributed by atoms with Gasteiger partial charge in [-0.25, -0.2) is 5.84 Å². The number of aliphatic imine (C=N–C) groups is 1. The molecule has 18 heavy (non-hydrogen) atoms. The Hall–Kier alpha value is -1.47. The van der Waals surface area contributed by atoms with Crippen LogP contribution in [0, 0.1) is 0 Å². The van der Waals surface area contributed by atoms with Crippen LogP contribution in [0.25, 0.3) is 0 Å². The van der Waals surface area contributed by atoms with Crippen molar-refractivity contribution in [2.75, 3.05) is 11.9 Å². The van der Waals surface area contributed by atoms with Crippen LogP contribution in [0.15, 0.2) is 23.2 Å². The summed E-state index contributed by atoms with van der Waals surface area (Å²) in [6.45, 7) is 2.19. The molecule has 0 heterocycles. The van der Waals surface area contributed by atoms with Crippen molar-refractivity contribution in [2.45, 2.75) is 13.1 Å². The molecule has 0 atom stereocenters. The first kappa shape index (κ1) is 14.6. The van der Waals surface area contributed by atoms with Crippen molar-refractivity contribution in [3.8, 4) is 0 Å². The summed E-state index contributed by atoms with van der Waals surface area (Å²) in [5, 5.41) is 2.58. The Balaban J connectivity index is 3.03. The first-order valence-electron chi connectivity index (χ1n) is 5.02. The van der Waals surface area contributed by atoms with Crippen LogP contribution in [-0.4, -0.2) is 12.5 Å². The van der Waals surface area contributed by atoms with Gasteiger partial charge in [0.25, 0.3) is 0 Å². The number of rotatable bonds is 2. The molecule has 0 unspecified atom stereocenters. The topological polar surface area (TPSA) is 62.4 Å². The average molecular weight is 281 g/mol. The van der Waals surface area contributed by atoms with Crippen LogP contribution in [0.5, 0.6) is 0 Å². The number of halogens is 4. The van der Waals surface area contributed by atoms with Crippen molar-refractivity contribution in [3.63, 3.8) is 0 Å². The minimum atomic E-state index is -4.46. The fourth-order valence-corrected chi connectivity index (χ4v) is 1.48. The lowest BCUT2D eigenvalue weighted by Gasteiger charge is -2.12. The molecule has 1 aromatic rings. The summed E-state index contributed by atoms with van der Waals surface area (Å²) in [7, 11) is 0. The highest BCUT2D eigenvalue weighted by Gasteiger charge is 2.31. The molecule has 0 radical (unpaired) electrons. The molecule has 4 N–H and O–H groups in total. The third kappa shape index (κ3) is 4.08. The van der Waals surface area contributed by atoms with Gasteiger partial charge in [-0.05, 0) is 25.1 Å². The summed E-state index contributed by atoms with van der Waals surface area (Å²) in [5.41, 5.74) is 1.55.